The second kappa shape index (κ2) is 5.70. The third-order valence-corrected chi connectivity index (χ3v) is 2.73. The first-order valence-corrected chi connectivity index (χ1v) is 5.95. The van der Waals surface area contributed by atoms with E-state index in [1.807, 2.05) is 0 Å². The number of aromatic nitrogens is 3. The van der Waals surface area contributed by atoms with Crippen LogP contribution in [0.15, 0.2) is 24.5 Å². The van der Waals surface area contributed by atoms with Crippen molar-refractivity contribution in [3.05, 3.63) is 46.8 Å². The van der Waals surface area contributed by atoms with E-state index < -0.39 is 11.9 Å². The van der Waals surface area contributed by atoms with Crippen molar-refractivity contribution >= 4 is 23.5 Å². The van der Waals surface area contributed by atoms with E-state index in [9.17, 15) is 9.59 Å². The highest BCUT2D eigenvalue weighted by Crippen LogP contribution is 2.14. The Balaban J connectivity index is 2.28. The third-order valence-electron chi connectivity index (χ3n) is 2.54. The fourth-order valence-electron chi connectivity index (χ4n) is 1.72. The molecule has 2 aromatic rings. The molecule has 7 nitrogen and oxygen atoms in total. The number of carboxylic acid groups (broad SMARTS) is 2. The van der Waals surface area contributed by atoms with Crippen LogP contribution in [-0.4, -0.2) is 36.7 Å². The van der Waals surface area contributed by atoms with Crippen LogP contribution in [0.25, 0.3) is 0 Å². The molecule has 0 atom stereocenters. The summed E-state index contributed by atoms with van der Waals surface area (Å²) >= 11 is 5.76. The fraction of sp³-hybridized carbons (Fsp3) is 0.167. The number of hydrogen-bond donors (Lipinski definition) is 2. The van der Waals surface area contributed by atoms with Gasteiger partial charge in [-0.2, -0.15) is 0 Å². The van der Waals surface area contributed by atoms with Crippen molar-refractivity contribution in [2.45, 2.75) is 13.0 Å². The monoisotopic (exact) mass is 295 g/mol. The normalized spacial score (nSPS) is 10.4. The fourth-order valence-corrected chi connectivity index (χ4v) is 1.95. The lowest BCUT2D eigenvalue weighted by molar-refractivity contribution is -0.137. The van der Waals surface area contributed by atoms with Crippen molar-refractivity contribution < 1.29 is 19.8 Å². The van der Waals surface area contributed by atoms with Crippen LogP contribution in [-0.2, 0) is 17.8 Å². The van der Waals surface area contributed by atoms with E-state index >= 15 is 0 Å². The van der Waals surface area contributed by atoms with Crippen LogP contribution in [0.5, 0.6) is 0 Å². The van der Waals surface area contributed by atoms with Crippen LogP contribution < -0.4 is 0 Å². The topological polar surface area (TPSA) is 105 Å². The van der Waals surface area contributed by atoms with Gasteiger partial charge in [0.15, 0.2) is 0 Å². The Morgan fingerprint density at radius 3 is 2.70 bits per heavy atom. The van der Waals surface area contributed by atoms with E-state index in [1.54, 1.807) is 0 Å². The largest absolute Gasteiger partial charge is 0.480 e. The summed E-state index contributed by atoms with van der Waals surface area (Å²) < 4.78 is 1.45. The number of pyridine rings is 1. The van der Waals surface area contributed by atoms with Gasteiger partial charge < -0.3 is 14.8 Å². The molecule has 8 heteroatoms. The molecule has 0 unspecified atom stereocenters. The van der Waals surface area contributed by atoms with E-state index in [2.05, 4.69) is 9.97 Å². The van der Waals surface area contributed by atoms with Gasteiger partial charge in [-0.25, -0.2) is 14.8 Å². The Kier molecular flexibility index (Phi) is 3.99. The van der Waals surface area contributed by atoms with Crippen LogP contribution in [0.3, 0.4) is 0 Å². The molecule has 2 heterocycles. The Hall–Kier alpha value is -2.41. The Morgan fingerprint density at radius 1 is 1.30 bits per heavy atom. The molecule has 104 valence electrons. The summed E-state index contributed by atoms with van der Waals surface area (Å²) in [6, 6.07) is 2.63. The van der Waals surface area contributed by atoms with E-state index in [0.717, 1.165) is 0 Å². The number of aromatic carboxylic acids is 1. The van der Waals surface area contributed by atoms with Crippen molar-refractivity contribution in [2.24, 2.45) is 0 Å². The summed E-state index contributed by atoms with van der Waals surface area (Å²) in [4.78, 5) is 29.7. The lowest BCUT2D eigenvalue weighted by atomic mass is 10.2. The van der Waals surface area contributed by atoms with Crippen LogP contribution >= 0.6 is 11.6 Å². The van der Waals surface area contributed by atoms with E-state index in [-0.39, 0.29) is 23.7 Å². The summed E-state index contributed by atoms with van der Waals surface area (Å²) in [5, 5.41) is 17.8. The van der Waals surface area contributed by atoms with Crippen LogP contribution in [0.1, 0.15) is 21.9 Å². The summed E-state index contributed by atoms with van der Waals surface area (Å²) in [7, 11) is 0. The minimum absolute atomic E-state index is 0.0244. The van der Waals surface area contributed by atoms with E-state index in [4.69, 9.17) is 21.8 Å². The second-order valence-electron chi connectivity index (χ2n) is 4.02. The van der Waals surface area contributed by atoms with Gasteiger partial charge in [-0.3, -0.25) is 4.79 Å². The average molecular weight is 296 g/mol. The first kappa shape index (κ1) is 14.0. The number of halogens is 1. The number of imidazole rings is 1. The van der Waals surface area contributed by atoms with Gasteiger partial charge in [0.1, 0.15) is 17.5 Å². The van der Waals surface area contributed by atoms with Gasteiger partial charge >= 0.3 is 11.9 Å². The highest BCUT2D eigenvalue weighted by Gasteiger charge is 2.11. The summed E-state index contributed by atoms with van der Waals surface area (Å²) in [6.07, 6.45) is 3.20. The molecule has 2 rings (SSSR count). The maximum atomic E-state index is 10.9. The van der Waals surface area contributed by atoms with Crippen molar-refractivity contribution in [3.63, 3.8) is 0 Å². The lowest BCUT2D eigenvalue weighted by Crippen LogP contribution is -2.12. The van der Waals surface area contributed by atoms with Gasteiger partial charge in [-0.1, -0.05) is 11.6 Å². The zero-order valence-electron chi connectivity index (χ0n) is 10.2. The number of hydrogen-bond acceptors (Lipinski definition) is 4. The van der Waals surface area contributed by atoms with Gasteiger partial charge in [0.05, 0.1) is 11.3 Å². The smallest absolute Gasteiger partial charge is 0.335 e. The Morgan fingerprint density at radius 2 is 2.05 bits per heavy atom. The molecule has 0 aliphatic heterocycles. The highest BCUT2D eigenvalue weighted by atomic mass is 35.5. The maximum Gasteiger partial charge on any atom is 0.335 e. The van der Waals surface area contributed by atoms with Crippen LogP contribution in [0.4, 0.5) is 0 Å². The average Bonchev–Trinajstić information content (AvgIpc) is 2.75. The minimum atomic E-state index is -1.11. The standard InChI is InChI=1S/C12H10ClN3O4/c13-9-4-7(12(19)20)3-8(15-9)5-10-14-1-2-16(10)6-11(17)18/h1-4H,5-6H2,(H,17,18)(H,19,20). The number of nitrogens with zero attached hydrogens (tertiary/aromatic N) is 3. The quantitative estimate of drug-likeness (QED) is 0.806. The summed E-state index contributed by atoms with van der Waals surface area (Å²) in [5.74, 6) is -1.63. The maximum absolute atomic E-state index is 10.9. The molecular weight excluding hydrogens is 286 g/mol. The summed E-state index contributed by atoms with van der Waals surface area (Å²) in [6.45, 7) is -0.221. The molecule has 0 aliphatic carbocycles. The molecule has 2 N–H and O–H groups in total. The van der Waals surface area contributed by atoms with Crippen LogP contribution in [0, 0.1) is 0 Å². The molecular formula is C12H10ClN3O4. The Bertz CT molecular complexity index is 668. The van der Waals surface area contributed by atoms with Crippen LogP contribution in [0.2, 0.25) is 5.15 Å². The van der Waals surface area contributed by atoms with Crippen molar-refractivity contribution in [3.8, 4) is 0 Å². The third kappa shape index (κ3) is 3.33. The van der Waals surface area contributed by atoms with Gasteiger partial charge in [0.2, 0.25) is 0 Å². The molecule has 0 fully saturated rings. The molecule has 0 bridgehead atoms. The van der Waals surface area contributed by atoms with E-state index in [0.29, 0.717) is 11.5 Å². The molecule has 0 aromatic carbocycles. The lowest BCUT2D eigenvalue weighted by Gasteiger charge is -2.06. The van der Waals surface area contributed by atoms with Gasteiger partial charge in [-0.05, 0) is 12.1 Å². The predicted octanol–water partition coefficient (Wildman–Crippen LogP) is 1.31. The second-order valence-corrected chi connectivity index (χ2v) is 4.40. The molecule has 0 saturated carbocycles. The molecule has 2 aromatic heterocycles. The SMILES string of the molecule is O=C(O)Cn1ccnc1Cc1cc(C(=O)O)cc(Cl)n1. The number of rotatable bonds is 5. The van der Waals surface area contributed by atoms with Gasteiger partial charge in [0, 0.05) is 18.8 Å². The molecule has 0 aliphatic rings. The first-order valence-electron chi connectivity index (χ1n) is 5.57. The van der Waals surface area contributed by atoms with Gasteiger partial charge in [-0.15, -0.1) is 0 Å². The molecule has 20 heavy (non-hydrogen) atoms. The zero-order chi connectivity index (χ0) is 14.7. The predicted molar refractivity (Wildman–Crippen MR) is 68.9 cm³/mol. The molecule has 0 radical (unpaired) electrons. The molecule has 0 spiro atoms. The number of carboxylic acids is 2. The number of aliphatic carboxylic acids is 1. The molecule has 0 saturated heterocycles. The van der Waals surface area contributed by atoms with Gasteiger partial charge in [0.25, 0.3) is 0 Å². The minimum Gasteiger partial charge on any atom is -0.480 e. The number of carbonyl (C=O) groups is 2. The highest BCUT2D eigenvalue weighted by molar-refractivity contribution is 6.29. The van der Waals surface area contributed by atoms with E-state index in [1.165, 1.54) is 29.1 Å². The summed E-state index contributed by atoms with van der Waals surface area (Å²) in [5.41, 5.74) is 0.434. The molecule has 0 amide bonds. The van der Waals surface area contributed by atoms with Crippen molar-refractivity contribution in [1.82, 2.24) is 14.5 Å². The van der Waals surface area contributed by atoms with Crippen molar-refractivity contribution in [2.75, 3.05) is 0 Å². The Labute approximate surface area is 118 Å². The van der Waals surface area contributed by atoms with Crippen molar-refractivity contribution in [1.29, 1.82) is 0 Å². The first-order chi connectivity index (χ1) is 9.45. The zero-order valence-corrected chi connectivity index (χ0v) is 10.9.